The number of imidazole rings is 1. The van der Waals surface area contributed by atoms with E-state index in [2.05, 4.69) is 10.3 Å². The number of aromatic nitrogens is 2. The molecule has 1 N–H and O–H groups in total. The number of carbonyl (C=O) groups is 1. The molecule has 24 heavy (non-hydrogen) atoms. The maximum atomic E-state index is 13.7. The zero-order chi connectivity index (χ0) is 17.1. The minimum absolute atomic E-state index is 0.0345. The number of rotatable bonds is 5. The molecule has 0 aliphatic rings. The quantitative estimate of drug-likeness (QED) is 0.713. The molecule has 0 aliphatic heterocycles. The fraction of sp³-hybridized carbons (Fsp3) is 0.176. The van der Waals surface area contributed by atoms with Gasteiger partial charge in [-0.05, 0) is 43.3 Å². The van der Waals surface area contributed by atoms with Gasteiger partial charge in [0.15, 0.2) is 0 Å². The summed E-state index contributed by atoms with van der Waals surface area (Å²) in [6.07, 6.45) is 0. The summed E-state index contributed by atoms with van der Waals surface area (Å²) < 4.78 is 20.3. The Morgan fingerprint density at radius 3 is 2.75 bits per heavy atom. The van der Waals surface area contributed by atoms with E-state index in [0.717, 1.165) is 5.69 Å². The first-order chi connectivity index (χ1) is 11.6. The zero-order valence-corrected chi connectivity index (χ0v) is 13.7. The zero-order valence-electron chi connectivity index (χ0n) is 12.9. The molecule has 0 saturated heterocycles. The van der Waals surface area contributed by atoms with Gasteiger partial charge in [-0.3, -0.25) is 9.36 Å². The summed E-state index contributed by atoms with van der Waals surface area (Å²) in [7, 11) is 0. The molecule has 0 atom stereocenters. The van der Waals surface area contributed by atoms with Crippen LogP contribution in [0, 0.1) is 5.82 Å². The largest absolute Gasteiger partial charge is 0.465 e. The van der Waals surface area contributed by atoms with Gasteiger partial charge in [0.2, 0.25) is 5.95 Å². The molecule has 0 amide bonds. The molecular weight excluding hydrogens is 333 g/mol. The summed E-state index contributed by atoms with van der Waals surface area (Å²) in [5.41, 5.74) is 1.94. The van der Waals surface area contributed by atoms with Crippen LogP contribution in [0.3, 0.4) is 0 Å². The predicted molar refractivity (Wildman–Crippen MR) is 91.2 cm³/mol. The third kappa shape index (κ3) is 3.33. The lowest BCUT2D eigenvalue weighted by Gasteiger charge is -2.11. The molecule has 3 rings (SSSR count). The second-order valence-corrected chi connectivity index (χ2v) is 5.48. The van der Waals surface area contributed by atoms with Gasteiger partial charge in [0.25, 0.3) is 0 Å². The fourth-order valence-electron chi connectivity index (χ4n) is 2.38. The van der Waals surface area contributed by atoms with E-state index in [0.29, 0.717) is 28.6 Å². The van der Waals surface area contributed by atoms with Crippen LogP contribution < -0.4 is 5.32 Å². The highest BCUT2D eigenvalue weighted by Crippen LogP contribution is 2.26. The van der Waals surface area contributed by atoms with Crippen molar-refractivity contribution in [3.05, 3.63) is 53.3 Å². The molecule has 2 aromatic carbocycles. The van der Waals surface area contributed by atoms with Crippen molar-refractivity contribution in [3.8, 4) is 5.69 Å². The average molecular weight is 348 g/mol. The van der Waals surface area contributed by atoms with E-state index < -0.39 is 5.97 Å². The molecule has 0 aliphatic carbocycles. The number of benzene rings is 2. The second-order valence-electron chi connectivity index (χ2n) is 5.04. The van der Waals surface area contributed by atoms with Crippen molar-refractivity contribution >= 4 is 34.6 Å². The molecule has 0 spiro atoms. The third-order valence-corrected chi connectivity index (χ3v) is 3.65. The Bertz CT molecular complexity index is 877. The number of carbonyl (C=O) groups excluding carboxylic acids is 1. The first-order valence-electron chi connectivity index (χ1n) is 7.42. The van der Waals surface area contributed by atoms with Crippen LogP contribution in [0.15, 0.2) is 42.5 Å². The second kappa shape index (κ2) is 6.88. The van der Waals surface area contributed by atoms with Crippen LogP contribution in [0.1, 0.15) is 6.92 Å². The molecule has 124 valence electrons. The van der Waals surface area contributed by atoms with Crippen LogP contribution in [0.4, 0.5) is 10.3 Å². The van der Waals surface area contributed by atoms with Crippen molar-refractivity contribution in [1.82, 2.24) is 9.55 Å². The smallest absolute Gasteiger partial charge is 0.325 e. The van der Waals surface area contributed by atoms with Gasteiger partial charge in [0, 0.05) is 16.8 Å². The van der Waals surface area contributed by atoms with Crippen molar-refractivity contribution in [2.24, 2.45) is 0 Å². The summed E-state index contributed by atoms with van der Waals surface area (Å²) in [5, 5.41) is 3.53. The number of nitrogens with one attached hydrogen (secondary N) is 1. The van der Waals surface area contributed by atoms with Crippen molar-refractivity contribution in [1.29, 1.82) is 0 Å². The van der Waals surface area contributed by atoms with Crippen LogP contribution >= 0.6 is 11.6 Å². The van der Waals surface area contributed by atoms with E-state index in [1.165, 1.54) is 12.1 Å². The Morgan fingerprint density at radius 2 is 2.04 bits per heavy atom. The van der Waals surface area contributed by atoms with Crippen molar-refractivity contribution < 1.29 is 13.9 Å². The lowest BCUT2D eigenvalue weighted by atomic mass is 10.2. The Morgan fingerprint density at radius 1 is 1.29 bits per heavy atom. The molecule has 1 heterocycles. The molecule has 0 fully saturated rings. The lowest BCUT2D eigenvalue weighted by Crippen LogP contribution is -2.18. The van der Waals surface area contributed by atoms with Crippen molar-refractivity contribution in [3.63, 3.8) is 0 Å². The first-order valence-corrected chi connectivity index (χ1v) is 7.79. The van der Waals surface area contributed by atoms with Crippen LogP contribution in [-0.2, 0) is 9.53 Å². The minimum atomic E-state index is -0.390. The summed E-state index contributed by atoms with van der Waals surface area (Å²) >= 11 is 5.93. The van der Waals surface area contributed by atoms with Gasteiger partial charge >= 0.3 is 5.97 Å². The molecule has 0 radical (unpaired) electrons. The Labute approximate surface area is 143 Å². The number of nitrogens with zero attached hydrogens (tertiary/aromatic N) is 2. The minimum Gasteiger partial charge on any atom is -0.465 e. The highest BCUT2D eigenvalue weighted by atomic mass is 35.5. The van der Waals surface area contributed by atoms with Gasteiger partial charge in [0.05, 0.1) is 17.6 Å². The van der Waals surface area contributed by atoms with Crippen LogP contribution in [0.2, 0.25) is 5.02 Å². The van der Waals surface area contributed by atoms with Gasteiger partial charge in [-0.15, -0.1) is 0 Å². The van der Waals surface area contributed by atoms with Gasteiger partial charge in [-0.25, -0.2) is 9.37 Å². The fourth-order valence-corrected chi connectivity index (χ4v) is 2.51. The Balaban J connectivity index is 2.05. The molecule has 0 unspecified atom stereocenters. The molecule has 1 aromatic heterocycles. The van der Waals surface area contributed by atoms with E-state index in [4.69, 9.17) is 16.3 Å². The Kier molecular flexibility index (Phi) is 4.66. The predicted octanol–water partition coefficient (Wildman–Crippen LogP) is 3.79. The number of hydrogen-bond acceptors (Lipinski definition) is 4. The Hall–Kier alpha value is -2.60. The van der Waals surface area contributed by atoms with E-state index in [1.807, 2.05) is 0 Å². The van der Waals surface area contributed by atoms with Crippen molar-refractivity contribution in [2.75, 3.05) is 18.5 Å². The monoisotopic (exact) mass is 347 g/mol. The van der Waals surface area contributed by atoms with E-state index in [9.17, 15) is 9.18 Å². The molecule has 3 aromatic rings. The van der Waals surface area contributed by atoms with Gasteiger partial charge < -0.3 is 10.1 Å². The molecular formula is C17H15ClFN3O2. The number of anilines is 1. The van der Waals surface area contributed by atoms with E-state index >= 15 is 0 Å². The number of fused-ring (bicyclic) bond motifs is 1. The van der Waals surface area contributed by atoms with Gasteiger partial charge in [-0.1, -0.05) is 11.6 Å². The highest BCUT2D eigenvalue weighted by molar-refractivity contribution is 6.30. The number of hydrogen-bond donors (Lipinski definition) is 1. The molecule has 0 bridgehead atoms. The molecule has 0 saturated carbocycles. The summed E-state index contributed by atoms with van der Waals surface area (Å²) in [6, 6.07) is 11.4. The van der Waals surface area contributed by atoms with Gasteiger partial charge in [-0.2, -0.15) is 0 Å². The third-order valence-electron chi connectivity index (χ3n) is 3.40. The summed E-state index contributed by atoms with van der Waals surface area (Å²) in [6.45, 7) is 2.01. The number of ether oxygens (including phenoxy) is 1. The van der Waals surface area contributed by atoms with Crippen LogP contribution in [-0.4, -0.2) is 28.7 Å². The first kappa shape index (κ1) is 16.3. The number of esters is 1. The average Bonchev–Trinajstić information content (AvgIpc) is 2.91. The topological polar surface area (TPSA) is 56.1 Å². The molecule has 5 nitrogen and oxygen atoms in total. The van der Waals surface area contributed by atoms with E-state index in [1.54, 1.807) is 41.8 Å². The van der Waals surface area contributed by atoms with Crippen LogP contribution in [0.25, 0.3) is 16.7 Å². The SMILES string of the molecule is CCOC(=O)CNc1nc2ccc(F)cc2n1-c1ccc(Cl)cc1. The van der Waals surface area contributed by atoms with Gasteiger partial charge in [0.1, 0.15) is 12.4 Å². The maximum Gasteiger partial charge on any atom is 0.325 e. The van der Waals surface area contributed by atoms with Crippen LogP contribution in [0.5, 0.6) is 0 Å². The standard InChI is InChI=1S/C17H15ClFN3O2/c1-2-24-16(23)10-20-17-21-14-8-5-12(19)9-15(14)22(17)13-6-3-11(18)4-7-13/h3-9H,2,10H2,1H3,(H,20,21). The maximum absolute atomic E-state index is 13.7. The normalized spacial score (nSPS) is 10.8. The summed E-state index contributed by atoms with van der Waals surface area (Å²) in [5.74, 6) is -0.334. The summed E-state index contributed by atoms with van der Waals surface area (Å²) in [4.78, 5) is 16.0. The number of halogens is 2. The lowest BCUT2D eigenvalue weighted by molar-refractivity contribution is -0.140. The van der Waals surface area contributed by atoms with Crippen molar-refractivity contribution in [2.45, 2.75) is 6.92 Å². The highest BCUT2D eigenvalue weighted by Gasteiger charge is 2.14. The molecule has 7 heteroatoms. The van der Waals surface area contributed by atoms with E-state index in [-0.39, 0.29) is 12.4 Å².